The number of carbonyl (C=O) groups is 1. The lowest BCUT2D eigenvalue weighted by Gasteiger charge is -2.18. The molecule has 0 atom stereocenters. The summed E-state index contributed by atoms with van der Waals surface area (Å²) in [4.78, 5) is 24.4. The number of carbonyl (C=O) groups excluding carboxylic acids is 1. The summed E-state index contributed by atoms with van der Waals surface area (Å²) in [6, 6.07) is 11.6. The summed E-state index contributed by atoms with van der Waals surface area (Å²) >= 11 is 0. The molecule has 3 rings (SSSR count). The third-order valence-electron chi connectivity index (χ3n) is 4.76. The van der Waals surface area contributed by atoms with Crippen LogP contribution in [0.1, 0.15) is 19.4 Å². The second kappa shape index (κ2) is 9.71. The van der Waals surface area contributed by atoms with Crippen LogP contribution in [-0.4, -0.2) is 52.4 Å². The van der Waals surface area contributed by atoms with E-state index in [4.69, 9.17) is 0 Å². The summed E-state index contributed by atoms with van der Waals surface area (Å²) in [6.07, 6.45) is 4.60. The fraction of sp³-hybridized carbons (Fsp3) is 0.286. The average molecular weight is 444 g/mol. The van der Waals surface area contributed by atoms with Gasteiger partial charge in [-0.05, 0) is 35.9 Å². The molecular weight excluding hydrogens is 418 g/mol. The highest BCUT2D eigenvalue weighted by atomic mass is 32.2. The zero-order valence-corrected chi connectivity index (χ0v) is 18.2. The fourth-order valence-electron chi connectivity index (χ4n) is 3.09. The molecule has 31 heavy (non-hydrogen) atoms. The molecule has 1 aromatic carbocycles. The second-order valence-corrected chi connectivity index (χ2v) is 8.66. The summed E-state index contributed by atoms with van der Waals surface area (Å²) < 4.78 is 29.1. The van der Waals surface area contributed by atoms with E-state index in [2.05, 4.69) is 10.4 Å². The first-order valence-electron chi connectivity index (χ1n) is 9.97. The molecule has 0 saturated carbocycles. The molecule has 0 aliphatic rings. The normalized spacial score (nSPS) is 12.1. The highest BCUT2D eigenvalue weighted by molar-refractivity contribution is 7.89. The molecular formula is C21H25N5O4S. The van der Waals surface area contributed by atoms with Crippen LogP contribution in [-0.2, 0) is 21.4 Å². The van der Waals surface area contributed by atoms with Crippen LogP contribution in [0.15, 0.2) is 64.4 Å². The minimum absolute atomic E-state index is 0.218. The number of hydrogen-bond donors (Lipinski definition) is 1. The first-order valence-corrected chi connectivity index (χ1v) is 11.4. The van der Waals surface area contributed by atoms with E-state index in [1.807, 2.05) is 0 Å². The van der Waals surface area contributed by atoms with Crippen molar-refractivity contribution in [3.8, 4) is 0 Å². The third-order valence-corrected chi connectivity index (χ3v) is 6.83. The lowest BCUT2D eigenvalue weighted by atomic mass is 10.2. The molecule has 2 heterocycles. The molecule has 0 radical (unpaired) electrons. The van der Waals surface area contributed by atoms with Crippen LogP contribution < -0.4 is 11.0 Å². The van der Waals surface area contributed by atoms with Crippen molar-refractivity contribution >= 4 is 27.7 Å². The molecule has 9 nitrogen and oxygen atoms in total. The van der Waals surface area contributed by atoms with Gasteiger partial charge in [0.25, 0.3) is 0 Å². The van der Waals surface area contributed by atoms with Gasteiger partial charge in [0.1, 0.15) is 0 Å². The Labute approximate surface area is 180 Å². The summed E-state index contributed by atoms with van der Waals surface area (Å²) in [5.74, 6) is -0.323. The van der Waals surface area contributed by atoms with E-state index in [1.165, 1.54) is 31.6 Å². The Kier molecular flexibility index (Phi) is 7.03. The molecule has 0 aliphatic carbocycles. The highest BCUT2D eigenvalue weighted by Gasteiger charge is 2.20. The van der Waals surface area contributed by atoms with E-state index in [0.29, 0.717) is 24.3 Å². The van der Waals surface area contributed by atoms with E-state index < -0.39 is 10.0 Å². The monoisotopic (exact) mass is 443 g/mol. The number of sulfonamides is 1. The second-order valence-electron chi connectivity index (χ2n) is 6.72. The molecule has 0 bridgehead atoms. The largest absolute Gasteiger partial charge is 0.351 e. The zero-order valence-electron chi connectivity index (χ0n) is 17.4. The Bertz CT molecular complexity index is 1240. The number of rotatable bonds is 9. The van der Waals surface area contributed by atoms with Crippen molar-refractivity contribution in [3.05, 3.63) is 70.8 Å². The molecule has 164 valence electrons. The van der Waals surface area contributed by atoms with Crippen LogP contribution in [0, 0.1) is 0 Å². The average Bonchev–Trinajstić information content (AvgIpc) is 3.09. The number of nitrogens with one attached hydrogen (secondary N) is 1. The van der Waals surface area contributed by atoms with Gasteiger partial charge in [0.05, 0.1) is 11.4 Å². The maximum atomic E-state index is 12.5. The van der Waals surface area contributed by atoms with Crippen LogP contribution in [0.5, 0.6) is 0 Å². The van der Waals surface area contributed by atoms with E-state index >= 15 is 0 Å². The van der Waals surface area contributed by atoms with Crippen LogP contribution in [0.3, 0.4) is 0 Å². The minimum atomic E-state index is -3.51. The van der Waals surface area contributed by atoms with Gasteiger partial charge in [-0.15, -0.1) is 5.10 Å². The van der Waals surface area contributed by atoms with Crippen LogP contribution in [0.2, 0.25) is 0 Å². The topological polar surface area (TPSA) is 106 Å². The van der Waals surface area contributed by atoms with Gasteiger partial charge in [-0.25, -0.2) is 17.9 Å². The van der Waals surface area contributed by atoms with Crippen molar-refractivity contribution in [3.63, 3.8) is 0 Å². The quantitative estimate of drug-likeness (QED) is 0.503. The molecule has 0 spiro atoms. The number of aromatic nitrogens is 3. The molecule has 2 aromatic heterocycles. The Morgan fingerprint density at radius 2 is 1.84 bits per heavy atom. The number of nitrogens with zero attached hydrogens (tertiary/aromatic N) is 4. The van der Waals surface area contributed by atoms with Crippen molar-refractivity contribution in [2.24, 2.45) is 0 Å². The van der Waals surface area contributed by atoms with Gasteiger partial charge >= 0.3 is 5.69 Å². The van der Waals surface area contributed by atoms with Crippen LogP contribution in [0.4, 0.5) is 0 Å². The number of hydrogen-bond acceptors (Lipinski definition) is 5. The minimum Gasteiger partial charge on any atom is -0.351 e. The SMILES string of the molecule is CCN(CC)S(=O)(=O)c1ccc(C=CC(=O)NCCn2nc3ccccn3c2=O)cc1. The van der Waals surface area contributed by atoms with Crippen molar-refractivity contribution in [1.29, 1.82) is 0 Å². The first-order chi connectivity index (χ1) is 14.9. The highest BCUT2D eigenvalue weighted by Crippen LogP contribution is 2.16. The van der Waals surface area contributed by atoms with Gasteiger partial charge in [0.15, 0.2) is 5.65 Å². The summed E-state index contributed by atoms with van der Waals surface area (Å²) in [6.45, 7) is 4.89. The van der Waals surface area contributed by atoms with Gasteiger partial charge in [0, 0.05) is 31.9 Å². The van der Waals surface area contributed by atoms with Gasteiger partial charge in [-0.2, -0.15) is 4.31 Å². The summed E-state index contributed by atoms with van der Waals surface area (Å²) in [5.41, 5.74) is 0.982. The number of amides is 1. The van der Waals surface area contributed by atoms with Crippen LogP contribution >= 0.6 is 0 Å². The number of pyridine rings is 1. The molecule has 3 aromatic rings. The van der Waals surface area contributed by atoms with E-state index in [0.717, 1.165) is 0 Å². The van der Waals surface area contributed by atoms with E-state index in [-0.39, 0.29) is 29.6 Å². The van der Waals surface area contributed by atoms with Crippen molar-refractivity contribution in [1.82, 2.24) is 23.8 Å². The van der Waals surface area contributed by atoms with Crippen LogP contribution in [0.25, 0.3) is 11.7 Å². The lowest BCUT2D eigenvalue weighted by molar-refractivity contribution is -0.116. The molecule has 10 heteroatoms. The molecule has 0 unspecified atom stereocenters. The predicted molar refractivity (Wildman–Crippen MR) is 118 cm³/mol. The Balaban J connectivity index is 1.56. The molecule has 1 N–H and O–H groups in total. The Morgan fingerprint density at radius 1 is 1.13 bits per heavy atom. The summed E-state index contributed by atoms with van der Waals surface area (Å²) in [5, 5.41) is 6.90. The van der Waals surface area contributed by atoms with E-state index in [1.54, 1.807) is 56.5 Å². The smallest absolute Gasteiger partial charge is 0.350 e. The fourth-order valence-corrected chi connectivity index (χ4v) is 4.55. The standard InChI is InChI=1S/C21H25N5O4S/c1-3-24(4-2)31(29,30)18-11-8-17(9-12-18)10-13-20(27)22-14-16-26-21(28)25-15-6-5-7-19(25)23-26/h5-13,15H,3-4,14,16H2,1-2H3,(H,22,27). The zero-order chi connectivity index (χ0) is 22.4. The molecule has 0 saturated heterocycles. The van der Waals surface area contributed by atoms with Gasteiger partial charge in [0.2, 0.25) is 15.9 Å². The Morgan fingerprint density at radius 3 is 2.48 bits per heavy atom. The maximum Gasteiger partial charge on any atom is 0.350 e. The van der Waals surface area contributed by atoms with Gasteiger partial charge in [-0.3, -0.25) is 9.20 Å². The van der Waals surface area contributed by atoms with E-state index in [9.17, 15) is 18.0 Å². The van der Waals surface area contributed by atoms with Crippen molar-refractivity contribution in [2.45, 2.75) is 25.3 Å². The third kappa shape index (κ3) is 5.09. The molecule has 0 aliphatic heterocycles. The van der Waals surface area contributed by atoms with Crippen molar-refractivity contribution in [2.75, 3.05) is 19.6 Å². The number of benzene rings is 1. The predicted octanol–water partition coefficient (Wildman–Crippen LogP) is 1.36. The molecule has 1 amide bonds. The first kappa shape index (κ1) is 22.4. The maximum absolute atomic E-state index is 12.5. The molecule has 0 fully saturated rings. The Hall–Kier alpha value is -3.24. The van der Waals surface area contributed by atoms with Gasteiger partial charge < -0.3 is 5.32 Å². The van der Waals surface area contributed by atoms with Crippen molar-refractivity contribution < 1.29 is 13.2 Å². The lowest BCUT2D eigenvalue weighted by Crippen LogP contribution is -2.30. The van der Waals surface area contributed by atoms with Gasteiger partial charge in [-0.1, -0.05) is 32.0 Å². The number of fused-ring (bicyclic) bond motifs is 1. The summed E-state index contributed by atoms with van der Waals surface area (Å²) in [7, 11) is -3.51.